The van der Waals surface area contributed by atoms with E-state index in [2.05, 4.69) is 10.3 Å². The highest BCUT2D eigenvalue weighted by Gasteiger charge is 2.40. The Bertz CT molecular complexity index is 809. The zero-order valence-electron chi connectivity index (χ0n) is 14.2. The van der Waals surface area contributed by atoms with Gasteiger partial charge >= 0.3 is 0 Å². The fourth-order valence-corrected chi connectivity index (χ4v) is 3.28. The van der Waals surface area contributed by atoms with Crippen molar-refractivity contribution in [2.75, 3.05) is 12.4 Å². The summed E-state index contributed by atoms with van der Waals surface area (Å²) >= 11 is 0. The molecule has 1 aromatic heterocycles. The minimum absolute atomic E-state index is 0.0917. The Kier molecular flexibility index (Phi) is 4.79. The number of aryl methyl sites for hydroxylation is 1. The number of halogens is 1. The molecule has 2 heterocycles. The number of likely N-dealkylation sites (tertiary alicyclic amines) is 1. The molecule has 0 aliphatic carbocycles. The number of amides is 2. The Balaban J connectivity index is 1.90. The molecule has 2 amide bonds. The fourth-order valence-electron chi connectivity index (χ4n) is 3.28. The maximum atomic E-state index is 14.3. The van der Waals surface area contributed by atoms with E-state index in [4.69, 9.17) is 0 Å². The Morgan fingerprint density at radius 2 is 2.00 bits per heavy atom. The standard InChI is InChI=1S/C19H20FN3O2/c1-12-6-5-9-16(21-12)22-19(25)14-10-11-17(24)23(2)18(14)13-7-3-4-8-15(13)20/h3-9,14,18H,10-11H2,1-2H3,(H,21,22,25)/t14-,18-/m1/s1. The molecule has 0 bridgehead atoms. The SMILES string of the molecule is Cc1cccc(NC(=O)[C@@H]2CCC(=O)N(C)[C@@H]2c2ccccc2F)n1. The minimum Gasteiger partial charge on any atom is -0.338 e. The van der Waals surface area contributed by atoms with E-state index in [1.807, 2.05) is 19.1 Å². The lowest BCUT2D eigenvalue weighted by Gasteiger charge is -2.38. The number of nitrogens with one attached hydrogen (secondary N) is 1. The van der Waals surface area contributed by atoms with Gasteiger partial charge in [-0.3, -0.25) is 9.59 Å². The van der Waals surface area contributed by atoms with Gasteiger partial charge in [-0.1, -0.05) is 24.3 Å². The molecular weight excluding hydrogens is 321 g/mol. The van der Waals surface area contributed by atoms with Gasteiger partial charge in [-0.15, -0.1) is 0 Å². The third kappa shape index (κ3) is 3.52. The van der Waals surface area contributed by atoms with Crippen LogP contribution in [-0.2, 0) is 9.59 Å². The van der Waals surface area contributed by atoms with Gasteiger partial charge in [0.1, 0.15) is 11.6 Å². The van der Waals surface area contributed by atoms with Crippen molar-refractivity contribution in [3.8, 4) is 0 Å². The number of pyridine rings is 1. The Hall–Kier alpha value is -2.76. The number of carbonyl (C=O) groups is 2. The van der Waals surface area contributed by atoms with Crippen molar-refractivity contribution in [2.45, 2.75) is 25.8 Å². The lowest BCUT2D eigenvalue weighted by atomic mass is 9.83. The van der Waals surface area contributed by atoms with Gasteiger partial charge in [-0.05, 0) is 31.5 Å². The average molecular weight is 341 g/mol. The predicted molar refractivity (Wildman–Crippen MR) is 92.2 cm³/mol. The number of benzene rings is 1. The van der Waals surface area contributed by atoms with Gasteiger partial charge < -0.3 is 10.2 Å². The van der Waals surface area contributed by atoms with Crippen LogP contribution >= 0.6 is 0 Å². The summed E-state index contributed by atoms with van der Waals surface area (Å²) < 4.78 is 14.3. The number of carbonyl (C=O) groups excluding carboxylic acids is 2. The first-order chi connectivity index (χ1) is 12.0. The molecule has 1 saturated heterocycles. The topological polar surface area (TPSA) is 62.3 Å². The van der Waals surface area contributed by atoms with E-state index in [9.17, 15) is 14.0 Å². The number of aromatic nitrogens is 1. The molecule has 1 aliphatic heterocycles. The summed E-state index contributed by atoms with van der Waals surface area (Å²) in [7, 11) is 1.61. The molecule has 1 fully saturated rings. The highest BCUT2D eigenvalue weighted by Crippen LogP contribution is 2.37. The van der Waals surface area contributed by atoms with E-state index in [-0.39, 0.29) is 18.2 Å². The van der Waals surface area contributed by atoms with Gasteiger partial charge in [0.15, 0.2) is 0 Å². The third-order valence-corrected chi connectivity index (χ3v) is 4.56. The molecule has 0 radical (unpaired) electrons. The number of rotatable bonds is 3. The van der Waals surface area contributed by atoms with Gasteiger partial charge in [-0.25, -0.2) is 9.37 Å². The van der Waals surface area contributed by atoms with E-state index in [1.165, 1.54) is 11.0 Å². The number of nitrogens with zero attached hydrogens (tertiary/aromatic N) is 2. The van der Waals surface area contributed by atoms with Gasteiger partial charge in [0.05, 0.1) is 12.0 Å². The lowest BCUT2D eigenvalue weighted by Crippen LogP contribution is -2.45. The van der Waals surface area contributed by atoms with Crippen LogP contribution in [0.15, 0.2) is 42.5 Å². The van der Waals surface area contributed by atoms with Crippen LogP contribution in [0.25, 0.3) is 0 Å². The van der Waals surface area contributed by atoms with Crippen molar-refractivity contribution >= 4 is 17.6 Å². The van der Waals surface area contributed by atoms with E-state index in [0.717, 1.165) is 5.69 Å². The zero-order valence-corrected chi connectivity index (χ0v) is 14.2. The van der Waals surface area contributed by atoms with E-state index in [0.29, 0.717) is 17.8 Å². The molecule has 0 unspecified atom stereocenters. The second kappa shape index (κ2) is 7.01. The quantitative estimate of drug-likeness (QED) is 0.933. The second-order valence-corrected chi connectivity index (χ2v) is 6.27. The number of hydrogen-bond acceptors (Lipinski definition) is 3. The Morgan fingerprint density at radius 1 is 1.24 bits per heavy atom. The van der Waals surface area contributed by atoms with Crippen LogP contribution in [0, 0.1) is 18.7 Å². The molecule has 2 atom stereocenters. The molecule has 0 spiro atoms. The molecule has 1 aliphatic rings. The van der Waals surface area contributed by atoms with Gasteiger partial charge in [0.2, 0.25) is 11.8 Å². The van der Waals surface area contributed by atoms with Crippen LogP contribution in [0.4, 0.5) is 10.2 Å². The first-order valence-electron chi connectivity index (χ1n) is 8.22. The molecule has 0 saturated carbocycles. The summed E-state index contributed by atoms with van der Waals surface area (Å²) in [5.41, 5.74) is 1.15. The highest BCUT2D eigenvalue weighted by atomic mass is 19.1. The summed E-state index contributed by atoms with van der Waals surface area (Å²) in [6.07, 6.45) is 0.639. The molecular formula is C19H20FN3O2. The maximum absolute atomic E-state index is 14.3. The monoisotopic (exact) mass is 341 g/mol. The van der Waals surface area contributed by atoms with Crippen molar-refractivity contribution < 1.29 is 14.0 Å². The largest absolute Gasteiger partial charge is 0.338 e. The number of hydrogen-bond donors (Lipinski definition) is 1. The van der Waals surface area contributed by atoms with E-state index < -0.39 is 17.8 Å². The van der Waals surface area contributed by atoms with Crippen molar-refractivity contribution in [3.05, 3.63) is 59.5 Å². The summed E-state index contributed by atoms with van der Waals surface area (Å²) in [6, 6.07) is 11.0. The smallest absolute Gasteiger partial charge is 0.231 e. The van der Waals surface area contributed by atoms with Crippen molar-refractivity contribution in [2.24, 2.45) is 5.92 Å². The zero-order chi connectivity index (χ0) is 18.0. The molecule has 130 valence electrons. The van der Waals surface area contributed by atoms with Crippen molar-refractivity contribution in [1.29, 1.82) is 0 Å². The number of anilines is 1. The average Bonchev–Trinajstić information content (AvgIpc) is 2.58. The Labute approximate surface area is 145 Å². The third-order valence-electron chi connectivity index (χ3n) is 4.56. The second-order valence-electron chi connectivity index (χ2n) is 6.27. The summed E-state index contributed by atoms with van der Waals surface area (Å²) in [4.78, 5) is 30.7. The van der Waals surface area contributed by atoms with Crippen LogP contribution in [-0.4, -0.2) is 28.7 Å². The number of piperidine rings is 1. The van der Waals surface area contributed by atoms with Gasteiger partial charge in [0, 0.05) is 24.7 Å². The normalized spacial score (nSPS) is 20.4. The van der Waals surface area contributed by atoms with Crippen LogP contribution in [0.3, 0.4) is 0 Å². The predicted octanol–water partition coefficient (Wildman–Crippen LogP) is 3.08. The van der Waals surface area contributed by atoms with Crippen molar-refractivity contribution in [1.82, 2.24) is 9.88 Å². The molecule has 25 heavy (non-hydrogen) atoms. The Morgan fingerprint density at radius 3 is 2.72 bits per heavy atom. The van der Waals surface area contributed by atoms with E-state index in [1.54, 1.807) is 31.3 Å². The van der Waals surface area contributed by atoms with Gasteiger partial charge in [0.25, 0.3) is 0 Å². The highest BCUT2D eigenvalue weighted by molar-refractivity contribution is 5.94. The summed E-state index contributed by atoms with van der Waals surface area (Å²) in [5, 5.41) is 2.80. The molecule has 3 rings (SSSR count). The minimum atomic E-state index is -0.632. The fraction of sp³-hybridized carbons (Fsp3) is 0.316. The first-order valence-corrected chi connectivity index (χ1v) is 8.22. The van der Waals surface area contributed by atoms with Crippen LogP contribution < -0.4 is 5.32 Å². The molecule has 6 heteroatoms. The summed E-state index contributed by atoms with van der Waals surface area (Å²) in [6.45, 7) is 1.84. The molecule has 2 aromatic rings. The van der Waals surface area contributed by atoms with Crippen molar-refractivity contribution in [3.63, 3.8) is 0 Å². The van der Waals surface area contributed by atoms with Crippen LogP contribution in [0.1, 0.15) is 30.1 Å². The first kappa shape index (κ1) is 17.1. The van der Waals surface area contributed by atoms with Crippen LogP contribution in [0.5, 0.6) is 0 Å². The molecule has 1 aromatic carbocycles. The van der Waals surface area contributed by atoms with E-state index >= 15 is 0 Å². The van der Waals surface area contributed by atoms with Gasteiger partial charge in [-0.2, -0.15) is 0 Å². The maximum Gasteiger partial charge on any atom is 0.231 e. The lowest BCUT2D eigenvalue weighted by molar-refractivity contribution is -0.140. The van der Waals surface area contributed by atoms with Crippen LogP contribution in [0.2, 0.25) is 0 Å². The molecule has 1 N–H and O–H groups in total. The molecule has 5 nitrogen and oxygen atoms in total. The summed E-state index contributed by atoms with van der Waals surface area (Å²) in [5.74, 6) is -0.851.